The van der Waals surface area contributed by atoms with E-state index in [2.05, 4.69) is 15.4 Å². The van der Waals surface area contributed by atoms with Crippen molar-refractivity contribution in [2.45, 2.75) is 6.54 Å². The van der Waals surface area contributed by atoms with Gasteiger partial charge in [-0.3, -0.25) is 4.79 Å². The molecule has 26 heavy (non-hydrogen) atoms. The predicted octanol–water partition coefficient (Wildman–Crippen LogP) is 2.72. The van der Waals surface area contributed by atoms with E-state index in [1.165, 1.54) is 24.1 Å². The number of nitrogens with one attached hydrogen (secondary N) is 2. The average molecular weight is 374 g/mol. The second kappa shape index (κ2) is 7.29. The Morgan fingerprint density at radius 3 is 3.04 bits per heavy atom. The Kier molecular flexibility index (Phi) is 3.90. The lowest BCUT2D eigenvalue weighted by molar-refractivity contribution is 0.0963. The zero-order chi connectivity index (χ0) is 21.2. The zero-order valence-electron chi connectivity index (χ0n) is 16.6. The Balaban J connectivity index is 2.07. The molecule has 0 bridgehead atoms. The van der Waals surface area contributed by atoms with Crippen LogP contribution in [0, 0.1) is 11.3 Å². The van der Waals surface area contributed by atoms with Gasteiger partial charge >= 0.3 is 0 Å². The fourth-order valence-corrected chi connectivity index (χ4v) is 2.72. The second-order valence-electron chi connectivity index (χ2n) is 5.18. The number of nitriles is 1. The molecule has 8 nitrogen and oxygen atoms in total. The quantitative estimate of drug-likeness (QED) is 0.666. The van der Waals surface area contributed by atoms with Crippen LogP contribution in [0.1, 0.15) is 14.5 Å². The van der Waals surface area contributed by atoms with Gasteiger partial charge in [0.1, 0.15) is 17.2 Å². The van der Waals surface area contributed by atoms with E-state index in [0.29, 0.717) is 17.0 Å². The Morgan fingerprint density at radius 1 is 1.46 bits per heavy atom. The Labute approximate surface area is 158 Å². The van der Waals surface area contributed by atoms with Gasteiger partial charge in [-0.05, 0) is 18.2 Å². The molecule has 1 amide bonds. The molecule has 132 valence electrons. The third kappa shape index (κ3) is 3.12. The molecule has 1 aromatic carbocycles. The van der Waals surface area contributed by atoms with Crippen LogP contribution in [-0.4, -0.2) is 34.8 Å². The van der Waals surface area contributed by atoms with Crippen molar-refractivity contribution < 1.29 is 13.6 Å². The van der Waals surface area contributed by atoms with Crippen LogP contribution in [0.4, 0.5) is 11.4 Å². The molecule has 3 aromatic rings. The molecule has 2 N–H and O–H groups in total. The predicted molar refractivity (Wildman–Crippen MR) is 97.8 cm³/mol. The second-order valence-corrected chi connectivity index (χ2v) is 5.56. The molecular weight excluding hydrogens is 356 g/mol. The summed E-state index contributed by atoms with van der Waals surface area (Å²) in [4.78, 5) is 16.2. The van der Waals surface area contributed by atoms with Gasteiger partial charge in [-0.25, -0.2) is 9.67 Å². The minimum Gasteiger partial charge on any atom is -0.492 e. The molecule has 0 fully saturated rings. The molecule has 0 atom stereocenters. The number of hydrogen-bond donors (Lipinski definition) is 2. The maximum Gasteiger partial charge on any atom is 0.254 e. The summed E-state index contributed by atoms with van der Waals surface area (Å²) in [6.45, 7) is -2.63. The van der Waals surface area contributed by atoms with Crippen LogP contribution in [0.15, 0.2) is 30.6 Å². The highest BCUT2D eigenvalue weighted by molar-refractivity contribution is 6.29. The normalized spacial score (nSPS) is 12.6. The van der Waals surface area contributed by atoms with Crippen LogP contribution in [0.25, 0.3) is 10.9 Å². The minimum absolute atomic E-state index is 0.0155. The fourth-order valence-electron chi connectivity index (χ4n) is 2.57. The number of aromatic nitrogens is 3. The molecule has 0 aliphatic rings. The van der Waals surface area contributed by atoms with Gasteiger partial charge in [0.2, 0.25) is 0 Å². The summed E-state index contributed by atoms with van der Waals surface area (Å²) in [6.07, 6.45) is 2.79. The SMILES string of the molecule is [2H]C([2H])([2H])NC(=O)c1cnc(Cl)cc1Nc1ccc2cnn(CC#N)c2c1OC. The molecule has 0 spiro atoms. The van der Waals surface area contributed by atoms with E-state index in [1.807, 2.05) is 11.4 Å². The smallest absolute Gasteiger partial charge is 0.254 e. The van der Waals surface area contributed by atoms with Gasteiger partial charge in [-0.15, -0.1) is 0 Å². The number of benzene rings is 1. The molecule has 0 aliphatic heterocycles. The molecule has 2 aromatic heterocycles. The summed E-state index contributed by atoms with van der Waals surface area (Å²) in [5.41, 5.74) is 1.27. The first-order chi connectivity index (χ1) is 13.7. The lowest BCUT2D eigenvalue weighted by Crippen LogP contribution is -2.19. The molecule has 0 aliphatic carbocycles. The summed E-state index contributed by atoms with van der Waals surface area (Å²) >= 11 is 5.96. The zero-order valence-corrected chi connectivity index (χ0v) is 14.3. The number of ether oxygens (including phenoxy) is 1. The molecular formula is C17H15ClN6O2. The van der Waals surface area contributed by atoms with Gasteiger partial charge in [-0.2, -0.15) is 10.4 Å². The van der Waals surface area contributed by atoms with E-state index in [1.54, 1.807) is 18.3 Å². The van der Waals surface area contributed by atoms with E-state index in [4.69, 9.17) is 25.7 Å². The van der Waals surface area contributed by atoms with Crippen LogP contribution >= 0.6 is 11.6 Å². The van der Waals surface area contributed by atoms with Crippen molar-refractivity contribution in [2.24, 2.45) is 0 Å². The van der Waals surface area contributed by atoms with E-state index < -0.39 is 12.9 Å². The monoisotopic (exact) mass is 373 g/mol. The van der Waals surface area contributed by atoms with Gasteiger partial charge < -0.3 is 15.4 Å². The van der Waals surface area contributed by atoms with Crippen LogP contribution in [0.5, 0.6) is 5.75 Å². The third-order valence-corrected chi connectivity index (χ3v) is 3.89. The molecule has 0 saturated heterocycles. The van der Waals surface area contributed by atoms with Crippen molar-refractivity contribution in [1.82, 2.24) is 20.1 Å². The first kappa shape index (κ1) is 13.9. The van der Waals surface area contributed by atoms with Gasteiger partial charge in [0.05, 0.1) is 36.3 Å². The van der Waals surface area contributed by atoms with Crippen LogP contribution in [-0.2, 0) is 6.54 Å². The molecule has 9 heteroatoms. The van der Waals surface area contributed by atoms with E-state index >= 15 is 0 Å². The van der Waals surface area contributed by atoms with E-state index in [-0.39, 0.29) is 22.9 Å². The maximum atomic E-state index is 12.4. The van der Waals surface area contributed by atoms with Gasteiger partial charge in [0.25, 0.3) is 5.91 Å². The molecule has 0 unspecified atom stereocenters. The van der Waals surface area contributed by atoms with E-state index in [0.717, 1.165) is 5.39 Å². The van der Waals surface area contributed by atoms with E-state index in [9.17, 15) is 4.79 Å². The first-order valence-electron chi connectivity index (χ1n) is 8.88. The Bertz CT molecular complexity index is 1120. The fraction of sp³-hybridized carbons (Fsp3) is 0.176. The van der Waals surface area contributed by atoms with Gasteiger partial charge in [0, 0.05) is 22.7 Å². The highest BCUT2D eigenvalue weighted by Crippen LogP contribution is 2.36. The maximum absolute atomic E-state index is 12.4. The number of nitrogens with zero attached hydrogens (tertiary/aromatic N) is 4. The summed E-state index contributed by atoms with van der Waals surface area (Å²) in [5, 5.41) is 19.0. The number of hydrogen-bond acceptors (Lipinski definition) is 6. The van der Waals surface area contributed by atoms with Gasteiger partial charge in [-0.1, -0.05) is 11.6 Å². The standard InChI is InChI=1S/C17H15ClN6O2/c1-20-17(25)11-9-21-14(18)7-13(11)23-12-4-3-10-8-22-24(6-5-19)15(10)16(12)26-2/h3-4,7-9H,6H2,1-2H3,(H,20,25)(H,21,23)/i1D3. The lowest BCUT2D eigenvalue weighted by Gasteiger charge is -2.15. The highest BCUT2D eigenvalue weighted by Gasteiger charge is 2.17. The number of rotatable bonds is 5. The number of carbonyl (C=O) groups excluding carboxylic acids is 1. The highest BCUT2D eigenvalue weighted by atomic mass is 35.5. The van der Waals surface area contributed by atoms with Crippen LogP contribution < -0.4 is 15.4 Å². The minimum atomic E-state index is -2.66. The number of pyridine rings is 1. The number of carbonyl (C=O) groups is 1. The third-order valence-electron chi connectivity index (χ3n) is 3.68. The topological polar surface area (TPSA) is 105 Å². The summed E-state index contributed by atoms with van der Waals surface area (Å²) in [5.74, 6) is -0.448. The molecule has 2 heterocycles. The average Bonchev–Trinajstić information content (AvgIpc) is 3.04. The summed E-state index contributed by atoms with van der Waals surface area (Å²) in [6, 6.07) is 6.90. The van der Waals surface area contributed by atoms with Gasteiger partial charge in [0.15, 0.2) is 5.75 Å². The Morgan fingerprint density at radius 2 is 2.31 bits per heavy atom. The number of halogens is 1. The number of amides is 1. The van der Waals surface area contributed by atoms with Crippen molar-refractivity contribution in [1.29, 1.82) is 5.26 Å². The summed E-state index contributed by atoms with van der Waals surface area (Å²) in [7, 11) is 1.46. The van der Waals surface area contributed by atoms with Crippen LogP contribution in [0.2, 0.25) is 5.15 Å². The van der Waals surface area contributed by atoms with Crippen molar-refractivity contribution >= 4 is 39.8 Å². The largest absolute Gasteiger partial charge is 0.492 e. The lowest BCUT2D eigenvalue weighted by atomic mass is 10.1. The van der Waals surface area contributed by atoms with Crippen molar-refractivity contribution in [3.63, 3.8) is 0 Å². The first-order valence-corrected chi connectivity index (χ1v) is 7.76. The number of anilines is 2. The Hall–Kier alpha value is -3.31. The molecule has 0 saturated carbocycles. The van der Waals surface area contributed by atoms with Crippen LogP contribution in [0.3, 0.4) is 0 Å². The van der Waals surface area contributed by atoms with Crippen molar-refractivity contribution in [3.8, 4) is 11.8 Å². The summed E-state index contributed by atoms with van der Waals surface area (Å²) < 4.78 is 28.7. The van der Waals surface area contributed by atoms with Crippen molar-refractivity contribution in [3.05, 3.63) is 41.3 Å². The van der Waals surface area contributed by atoms with Crippen molar-refractivity contribution in [2.75, 3.05) is 19.4 Å². The molecule has 0 radical (unpaired) electrons. The number of fused-ring (bicyclic) bond motifs is 1. The molecule has 3 rings (SSSR count). The number of methoxy groups -OCH3 is 1.